The van der Waals surface area contributed by atoms with Gasteiger partial charge in [-0.2, -0.15) is 0 Å². The van der Waals surface area contributed by atoms with Crippen molar-refractivity contribution in [1.82, 2.24) is 19.4 Å². The van der Waals surface area contributed by atoms with E-state index in [0.29, 0.717) is 18.0 Å². The molecule has 108 valence electrons. The van der Waals surface area contributed by atoms with Gasteiger partial charge in [-0.3, -0.25) is 0 Å². The molecular formula is C14H18BrClN4. The van der Waals surface area contributed by atoms with E-state index in [2.05, 4.69) is 49.3 Å². The number of pyridine rings is 1. The first-order valence-electron chi connectivity index (χ1n) is 6.88. The second-order valence-electron chi connectivity index (χ2n) is 5.54. The van der Waals surface area contributed by atoms with E-state index in [1.165, 1.54) is 0 Å². The molecule has 0 amide bonds. The largest absolute Gasteiger partial charge is 0.308 e. The van der Waals surface area contributed by atoms with Gasteiger partial charge in [-0.15, -0.1) is 11.6 Å². The average molecular weight is 358 g/mol. The van der Waals surface area contributed by atoms with Crippen LogP contribution in [0.2, 0.25) is 0 Å². The van der Waals surface area contributed by atoms with E-state index < -0.39 is 0 Å². The van der Waals surface area contributed by atoms with E-state index in [1.54, 1.807) is 0 Å². The zero-order valence-electron chi connectivity index (χ0n) is 11.7. The molecule has 1 fully saturated rings. The van der Waals surface area contributed by atoms with Gasteiger partial charge in [-0.1, -0.05) is 0 Å². The van der Waals surface area contributed by atoms with Gasteiger partial charge in [0.15, 0.2) is 5.65 Å². The molecule has 2 aromatic rings. The summed E-state index contributed by atoms with van der Waals surface area (Å²) in [6.07, 6.45) is 4.06. The minimum Gasteiger partial charge on any atom is -0.308 e. The summed E-state index contributed by atoms with van der Waals surface area (Å²) >= 11 is 9.54. The molecule has 0 bridgehead atoms. The zero-order valence-corrected chi connectivity index (χ0v) is 14.0. The fourth-order valence-electron chi connectivity index (χ4n) is 2.98. The van der Waals surface area contributed by atoms with Gasteiger partial charge in [0.25, 0.3) is 0 Å². The number of imidazole rings is 1. The Kier molecular flexibility index (Phi) is 4.02. The van der Waals surface area contributed by atoms with Crippen LogP contribution < -0.4 is 0 Å². The van der Waals surface area contributed by atoms with Crippen LogP contribution >= 0.6 is 27.5 Å². The summed E-state index contributed by atoms with van der Waals surface area (Å²) in [6.45, 7) is 3.37. The molecule has 3 rings (SSSR count). The average Bonchev–Trinajstić information content (AvgIpc) is 2.79. The van der Waals surface area contributed by atoms with Crippen LogP contribution in [0.25, 0.3) is 11.2 Å². The smallest absolute Gasteiger partial charge is 0.160 e. The van der Waals surface area contributed by atoms with Gasteiger partial charge >= 0.3 is 0 Å². The van der Waals surface area contributed by atoms with Crippen LogP contribution in [-0.4, -0.2) is 39.1 Å². The number of nitrogens with zero attached hydrogens (tertiary/aromatic N) is 4. The first-order valence-corrected chi connectivity index (χ1v) is 8.21. The molecule has 0 saturated carbocycles. The summed E-state index contributed by atoms with van der Waals surface area (Å²) in [7, 11) is 2.19. The highest BCUT2D eigenvalue weighted by atomic mass is 79.9. The van der Waals surface area contributed by atoms with Crippen molar-refractivity contribution in [3.63, 3.8) is 0 Å². The highest BCUT2D eigenvalue weighted by molar-refractivity contribution is 9.10. The third-order valence-corrected chi connectivity index (χ3v) is 4.91. The molecule has 3 heterocycles. The van der Waals surface area contributed by atoms with E-state index in [0.717, 1.165) is 40.8 Å². The molecule has 20 heavy (non-hydrogen) atoms. The van der Waals surface area contributed by atoms with Gasteiger partial charge in [0, 0.05) is 29.3 Å². The van der Waals surface area contributed by atoms with Crippen LogP contribution in [0, 0.1) is 0 Å². The topological polar surface area (TPSA) is 34.0 Å². The zero-order chi connectivity index (χ0) is 14.3. The predicted molar refractivity (Wildman–Crippen MR) is 85.1 cm³/mol. The van der Waals surface area contributed by atoms with Crippen molar-refractivity contribution < 1.29 is 0 Å². The normalized spacial score (nSPS) is 24.4. The van der Waals surface area contributed by atoms with Crippen molar-refractivity contribution in [2.75, 3.05) is 13.6 Å². The molecule has 0 aliphatic carbocycles. The monoisotopic (exact) mass is 356 g/mol. The Morgan fingerprint density at radius 1 is 1.50 bits per heavy atom. The first kappa shape index (κ1) is 14.3. The number of fused-ring (bicyclic) bond motifs is 1. The van der Waals surface area contributed by atoms with Crippen LogP contribution in [0.4, 0.5) is 0 Å². The number of rotatable bonds is 2. The molecule has 1 saturated heterocycles. The summed E-state index contributed by atoms with van der Waals surface area (Å²) in [4.78, 5) is 11.6. The van der Waals surface area contributed by atoms with Gasteiger partial charge < -0.3 is 9.47 Å². The number of alkyl halides is 1. The molecule has 2 aromatic heterocycles. The maximum atomic E-state index is 6.09. The van der Waals surface area contributed by atoms with Gasteiger partial charge in [0.05, 0.1) is 5.88 Å². The van der Waals surface area contributed by atoms with Crippen molar-refractivity contribution >= 4 is 38.7 Å². The minimum atomic E-state index is 0.425. The molecule has 2 atom stereocenters. The fourth-order valence-corrected chi connectivity index (χ4v) is 3.49. The number of hydrogen-bond donors (Lipinski definition) is 0. The first-order chi connectivity index (χ1) is 9.60. The summed E-state index contributed by atoms with van der Waals surface area (Å²) in [5.41, 5.74) is 1.87. The summed E-state index contributed by atoms with van der Waals surface area (Å²) in [5, 5.41) is 0. The van der Waals surface area contributed by atoms with Crippen LogP contribution in [0.3, 0.4) is 0 Å². The third-order valence-electron chi connectivity index (χ3n) is 4.23. The Bertz CT molecular complexity index is 627. The number of piperidine rings is 1. The molecule has 0 N–H and O–H groups in total. The van der Waals surface area contributed by atoms with E-state index in [4.69, 9.17) is 11.6 Å². The third kappa shape index (κ3) is 2.47. The predicted octanol–water partition coefficient (Wildman–Crippen LogP) is 3.59. The van der Waals surface area contributed by atoms with E-state index >= 15 is 0 Å². The molecule has 0 aromatic carbocycles. The standard InChI is InChI=1S/C14H18BrClN4/c1-9-5-11(3-4-19(9)2)20-13(7-16)18-12-6-10(15)8-17-14(12)20/h6,8-9,11H,3-5,7H2,1-2H3. The van der Waals surface area contributed by atoms with Crippen LogP contribution in [0.1, 0.15) is 31.6 Å². The SMILES string of the molecule is CC1CC(n2c(CCl)nc3cc(Br)cnc32)CCN1C. The lowest BCUT2D eigenvalue weighted by Gasteiger charge is -2.36. The number of halogens is 2. The van der Waals surface area contributed by atoms with Gasteiger partial charge in [-0.05, 0) is 48.8 Å². The molecule has 1 aliphatic heterocycles. The van der Waals surface area contributed by atoms with Crippen LogP contribution in [-0.2, 0) is 5.88 Å². The van der Waals surface area contributed by atoms with Crippen molar-refractivity contribution in [1.29, 1.82) is 0 Å². The van der Waals surface area contributed by atoms with Crippen molar-refractivity contribution in [2.45, 2.75) is 37.7 Å². The molecule has 0 spiro atoms. The highest BCUT2D eigenvalue weighted by Crippen LogP contribution is 2.31. The van der Waals surface area contributed by atoms with E-state index in [-0.39, 0.29) is 0 Å². The summed E-state index contributed by atoms with van der Waals surface area (Å²) < 4.78 is 3.20. The summed E-state index contributed by atoms with van der Waals surface area (Å²) in [5.74, 6) is 1.35. The Morgan fingerprint density at radius 3 is 3.00 bits per heavy atom. The van der Waals surface area contributed by atoms with Crippen molar-refractivity contribution in [2.24, 2.45) is 0 Å². The second-order valence-corrected chi connectivity index (χ2v) is 6.72. The number of likely N-dealkylation sites (tertiary alicyclic amines) is 1. The van der Waals surface area contributed by atoms with Crippen LogP contribution in [0.15, 0.2) is 16.7 Å². The molecule has 4 nitrogen and oxygen atoms in total. The summed E-state index contributed by atoms with van der Waals surface area (Å²) in [6, 6.07) is 3.02. The lowest BCUT2D eigenvalue weighted by atomic mass is 9.98. The van der Waals surface area contributed by atoms with E-state index in [1.807, 2.05) is 12.3 Å². The Balaban J connectivity index is 2.05. The second kappa shape index (κ2) is 5.62. The molecule has 1 aliphatic rings. The Labute approximate surface area is 132 Å². The lowest BCUT2D eigenvalue weighted by Crippen LogP contribution is -2.38. The molecule has 0 radical (unpaired) electrons. The number of hydrogen-bond acceptors (Lipinski definition) is 3. The lowest BCUT2D eigenvalue weighted by molar-refractivity contribution is 0.157. The maximum Gasteiger partial charge on any atom is 0.160 e. The maximum absolute atomic E-state index is 6.09. The molecule has 2 unspecified atom stereocenters. The van der Waals surface area contributed by atoms with Gasteiger partial charge in [0.1, 0.15) is 11.3 Å². The molecule has 6 heteroatoms. The number of aromatic nitrogens is 3. The Hall–Kier alpha value is -0.650. The minimum absolute atomic E-state index is 0.425. The fraction of sp³-hybridized carbons (Fsp3) is 0.571. The Morgan fingerprint density at radius 2 is 2.30 bits per heavy atom. The van der Waals surface area contributed by atoms with Crippen molar-refractivity contribution in [3.05, 3.63) is 22.6 Å². The van der Waals surface area contributed by atoms with Crippen LogP contribution in [0.5, 0.6) is 0 Å². The van der Waals surface area contributed by atoms with Crippen molar-refractivity contribution in [3.8, 4) is 0 Å². The van der Waals surface area contributed by atoms with E-state index in [9.17, 15) is 0 Å². The quantitative estimate of drug-likeness (QED) is 0.770. The van der Waals surface area contributed by atoms with Gasteiger partial charge in [0.2, 0.25) is 0 Å². The van der Waals surface area contributed by atoms with Gasteiger partial charge in [-0.25, -0.2) is 9.97 Å². The highest BCUT2D eigenvalue weighted by Gasteiger charge is 2.27. The molecular weight excluding hydrogens is 340 g/mol.